The summed E-state index contributed by atoms with van der Waals surface area (Å²) in [4.78, 5) is 0. The van der Waals surface area contributed by atoms with Gasteiger partial charge >= 0.3 is 0 Å². The number of hydrogen-bond acceptors (Lipinski definition) is 1. The summed E-state index contributed by atoms with van der Waals surface area (Å²) in [5, 5.41) is 10.7. The first-order valence-corrected chi connectivity index (χ1v) is 6.61. The number of aliphatic hydroxyl groups is 1. The standard InChI is InChI=1S/C14H11BrClFO/c15-10-3-6-13(16)12(8-10)14(18)7-9-1-4-11(17)5-2-9/h1-6,8,14,18H,7H2. The van der Waals surface area contributed by atoms with Crippen molar-refractivity contribution in [3.63, 3.8) is 0 Å². The van der Waals surface area contributed by atoms with Crippen LogP contribution in [0.25, 0.3) is 0 Å². The van der Waals surface area contributed by atoms with E-state index in [9.17, 15) is 9.50 Å². The van der Waals surface area contributed by atoms with Gasteiger partial charge in [-0.05, 0) is 35.9 Å². The third-order valence-electron chi connectivity index (χ3n) is 2.66. The van der Waals surface area contributed by atoms with Crippen molar-refractivity contribution in [2.24, 2.45) is 0 Å². The first-order chi connectivity index (χ1) is 8.56. The number of benzene rings is 2. The molecule has 1 N–H and O–H groups in total. The van der Waals surface area contributed by atoms with E-state index in [0.717, 1.165) is 10.0 Å². The molecule has 4 heteroatoms. The van der Waals surface area contributed by atoms with Crippen molar-refractivity contribution < 1.29 is 9.50 Å². The van der Waals surface area contributed by atoms with Gasteiger partial charge in [-0.25, -0.2) is 4.39 Å². The third kappa shape index (κ3) is 3.31. The fraction of sp³-hybridized carbons (Fsp3) is 0.143. The zero-order valence-electron chi connectivity index (χ0n) is 9.41. The first kappa shape index (κ1) is 13.5. The Morgan fingerprint density at radius 2 is 1.83 bits per heavy atom. The molecule has 1 nitrogen and oxygen atoms in total. The van der Waals surface area contributed by atoms with Crippen molar-refractivity contribution >= 4 is 27.5 Å². The lowest BCUT2D eigenvalue weighted by Crippen LogP contribution is -2.02. The van der Waals surface area contributed by atoms with Gasteiger partial charge in [-0.3, -0.25) is 0 Å². The van der Waals surface area contributed by atoms with Crippen LogP contribution < -0.4 is 0 Å². The normalized spacial score (nSPS) is 12.4. The van der Waals surface area contributed by atoms with E-state index in [2.05, 4.69) is 15.9 Å². The Morgan fingerprint density at radius 1 is 1.17 bits per heavy atom. The highest BCUT2D eigenvalue weighted by atomic mass is 79.9. The number of rotatable bonds is 3. The van der Waals surface area contributed by atoms with E-state index in [0.29, 0.717) is 17.0 Å². The van der Waals surface area contributed by atoms with Gasteiger partial charge in [-0.15, -0.1) is 0 Å². The van der Waals surface area contributed by atoms with Gasteiger partial charge in [-0.1, -0.05) is 39.7 Å². The minimum absolute atomic E-state index is 0.284. The average molecular weight is 330 g/mol. The lowest BCUT2D eigenvalue weighted by Gasteiger charge is -2.13. The molecule has 0 saturated carbocycles. The molecule has 0 aliphatic heterocycles. The Morgan fingerprint density at radius 3 is 2.50 bits per heavy atom. The zero-order chi connectivity index (χ0) is 13.1. The Hall–Kier alpha value is -0.900. The summed E-state index contributed by atoms with van der Waals surface area (Å²) in [7, 11) is 0. The molecule has 0 aromatic heterocycles. The molecule has 0 bridgehead atoms. The quantitative estimate of drug-likeness (QED) is 0.878. The third-order valence-corrected chi connectivity index (χ3v) is 3.50. The van der Waals surface area contributed by atoms with Crippen LogP contribution >= 0.6 is 27.5 Å². The maximum Gasteiger partial charge on any atom is 0.123 e. The molecule has 94 valence electrons. The summed E-state index contributed by atoms with van der Waals surface area (Å²) < 4.78 is 13.6. The largest absolute Gasteiger partial charge is 0.388 e. The second-order valence-electron chi connectivity index (χ2n) is 4.01. The summed E-state index contributed by atoms with van der Waals surface area (Å²) in [5.41, 5.74) is 1.52. The van der Waals surface area contributed by atoms with Crippen LogP contribution in [0, 0.1) is 5.82 Å². The molecular weight excluding hydrogens is 319 g/mol. The van der Waals surface area contributed by atoms with Gasteiger partial charge < -0.3 is 5.11 Å². The maximum absolute atomic E-state index is 12.8. The summed E-state index contributed by atoms with van der Waals surface area (Å²) >= 11 is 9.38. The van der Waals surface area contributed by atoms with Crippen LogP contribution in [0.3, 0.4) is 0 Å². The van der Waals surface area contributed by atoms with Gasteiger partial charge in [0.05, 0.1) is 6.10 Å². The average Bonchev–Trinajstić information content (AvgIpc) is 2.35. The predicted octanol–water partition coefficient (Wildman–Crippen LogP) is 4.52. The topological polar surface area (TPSA) is 20.2 Å². The van der Waals surface area contributed by atoms with Crippen molar-refractivity contribution in [1.29, 1.82) is 0 Å². The molecule has 0 heterocycles. The van der Waals surface area contributed by atoms with Crippen molar-refractivity contribution in [2.45, 2.75) is 12.5 Å². The van der Waals surface area contributed by atoms with Gasteiger partial charge in [0.25, 0.3) is 0 Å². The van der Waals surface area contributed by atoms with E-state index in [1.165, 1.54) is 12.1 Å². The van der Waals surface area contributed by atoms with Crippen LogP contribution in [0.1, 0.15) is 17.2 Å². The summed E-state index contributed by atoms with van der Waals surface area (Å²) in [6.07, 6.45) is -0.309. The Bertz CT molecular complexity index is 542. The summed E-state index contributed by atoms with van der Waals surface area (Å²) in [5.74, 6) is -0.284. The van der Waals surface area contributed by atoms with Crippen LogP contribution in [0.4, 0.5) is 4.39 Å². The molecule has 0 aliphatic carbocycles. The van der Waals surface area contributed by atoms with Gasteiger partial charge in [0.1, 0.15) is 5.82 Å². The SMILES string of the molecule is OC(Cc1ccc(F)cc1)c1cc(Br)ccc1Cl. The van der Waals surface area contributed by atoms with Crippen molar-refractivity contribution in [1.82, 2.24) is 0 Å². The van der Waals surface area contributed by atoms with E-state index in [1.54, 1.807) is 24.3 Å². The molecule has 0 fully saturated rings. The Labute approximate surface area is 118 Å². The van der Waals surface area contributed by atoms with Crippen molar-refractivity contribution in [3.05, 3.63) is 68.9 Å². The number of hydrogen-bond donors (Lipinski definition) is 1. The summed E-state index contributed by atoms with van der Waals surface area (Å²) in [6.45, 7) is 0. The molecule has 1 unspecified atom stereocenters. The lowest BCUT2D eigenvalue weighted by molar-refractivity contribution is 0.178. The summed E-state index contributed by atoms with van der Waals surface area (Å²) in [6, 6.07) is 11.4. The van der Waals surface area contributed by atoms with Crippen LogP contribution in [-0.4, -0.2) is 5.11 Å². The highest BCUT2D eigenvalue weighted by Gasteiger charge is 2.12. The molecule has 0 amide bonds. The molecule has 2 aromatic carbocycles. The van der Waals surface area contributed by atoms with Crippen LogP contribution in [-0.2, 0) is 6.42 Å². The molecule has 0 spiro atoms. The second kappa shape index (κ2) is 5.83. The van der Waals surface area contributed by atoms with Crippen molar-refractivity contribution in [3.8, 4) is 0 Å². The van der Waals surface area contributed by atoms with Crippen LogP contribution in [0.2, 0.25) is 5.02 Å². The number of halogens is 3. The molecule has 0 aliphatic rings. The van der Waals surface area contributed by atoms with Gasteiger partial charge in [0, 0.05) is 21.5 Å². The first-order valence-electron chi connectivity index (χ1n) is 5.44. The van der Waals surface area contributed by atoms with Crippen molar-refractivity contribution in [2.75, 3.05) is 0 Å². The predicted molar refractivity (Wildman–Crippen MR) is 74.2 cm³/mol. The molecule has 2 rings (SSSR count). The monoisotopic (exact) mass is 328 g/mol. The molecule has 18 heavy (non-hydrogen) atoms. The van der Waals surface area contributed by atoms with E-state index in [4.69, 9.17) is 11.6 Å². The minimum Gasteiger partial charge on any atom is -0.388 e. The molecule has 0 saturated heterocycles. The molecular formula is C14H11BrClFO. The molecule has 0 radical (unpaired) electrons. The van der Waals surface area contributed by atoms with Gasteiger partial charge in [0.2, 0.25) is 0 Å². The van der Waals surface area contributed by atoms with E-state index < -0.39 is 6.10 Å². The molecule has 2 aromatic rings. The Balaban J connectivity index is 2.18. The van der Waals surface area contributed by atoms with Crippen LogP contribution in [0.5, 0.6) is 0 Å². The van der Waals surface area contributed by atoms with Gasteiger partial charge in [-0.2, -0.15) is 0 Å². The van der Waals surface area contributed by atoms with Gasteiger partial charge in [0.15, 0.2) is 0 Å². The lowest BCUT2D eigenvalue weighted by atomic mass is 10.0. The highest BCUT2D eigenvalue weighted by Crippen LogP contribution is 2.28. The molecule has 1 atom stereocenters. The Kier molecular flexibility index (Phi) is 4.38. The van der Waals surface area contributed by atoms with Crippen LogP contribution in [0.15, 0.2) is 46.9 Å². The minimum atomic E-state index is -0.708. The number of aliphatic hydroxyl groups excluding tert-OH is 1. The second-order valence-corrected chi connectivity index (χ2v) is 5.34. The maximum atomic E-state index is 12.8. The smallest absolute Gasteiger partial charge is 0.123 e. The zero-order valence-corrected chi connectivity index (χ0v) is 11.7. The van der Waals surface area contributed by atoms with E-state index >= 15 is 0 Å². The fourth-order valence-corrected chi connectivity index (χ4v) is 2.35. The van der Waals surface area contributed by atoms with E-state index in [-0.39, 0.29) is 5.82 Å². The highest BCUT2D eigenvalue weighted by molar-refractivity contribution is 9.10. The fourth-order valence-electron chi connectivity index (χ4n) is 1.72. The van der Waals surface area contributed by atoms with E-state index in [1.807, 2.05) is 6.07 Å².